The first-order chi connectivity index (χ1) is 7.44. The number of nitrogens with one attached hydrogen (secondary N) is 1. The minimum atomic E-state index is -0.638. The lowest BCUT2D eigenvalue weighted by Crippen LogP contribution is -2.38. The van der Waals surface area contributed by atoms with Gasteiger partial charge in [-0.2, -0.15) is 0 Å². The van der Waals surface area contributed by atoms with E-state index in [1.807, 2.05) is 38.1 Å². The Bertz CT molecular complexity index is 321. The molecule has 0 aliphatic heterocycles. The highest BCUT2D eigenvalue weighted by Gasteiger charge is 2.18. The first kappa shape index (κ1) is 13.5. The topological polar surface area (TPSA) is 32.3 Å². The first-order valence-corrected chi connectivity index (χ1v) is 6.03. The van der Waals surface area contributed by atoms with E-state index in [1.54, 1.807) is 0 Å². The van der Waals surface area contributed by atoms with Crippen LogP contribution in [0, 0.1) is 0 Å². The predicted octanol–water partition coefficient (Wildman–Crippen LogP) is 3.15. The Morgan fingerprint density at radius 1 is 1.38 bits per heavy atom. The van der Waals surface area contributed by atoms with Crippen LogP contribution in [-0.2, 0) is 0 Å². The highest BCUT2D eigenvalue weighted by Crippen LogP contribution is 2.17. The summed E-state index contributed by atoms with van der Waals surface area (Å²) >= 11 is 5.83. The van der Waals surface area contributed by atoms with Crippen LogP contribution < -0.4 is 5.32 Å². The van der Waals surface area contributed by atoms with Gasteiger partial charge >= 0.3 is 0 Å². The molecule has 1 unspecified atom stereocenters. The molecule has 0 bridgehead atoms. The molecule has 3 heteroatoms. The summed E-state index contributed by atoms with van der Waals surface area (Å²) in [5.74, 6) is 0. The third kappa shape index (κ3) is 4.12. The van der Waals surface area contributed by atoms with Crippen LogP contribution in [0.5, 0.6) is 0 Å². The van der Waals surface area contributed by atoms with E-state index in [2.05, 4.69) is 12.2 Å². The molecule has 0 amide bonds. The maximum absolute atomic E-state index is 9.88. The summed E-state index contributed by atoms with van der Waals surface area (Å²) in [6.07, 6.45) is 0.743. The molecule has 0 saturated heterocycles. The van der Waals surface area contributed by atoms with Crippen LogP contribution in [0.4, 0.5) is 0 Å². The van der Waals surface area contributed by atoms with Crippen molar-refractivity contribution in [2.75, 3.05) is 6.54 Å². The Hall–Kier alpha value is -0.570. The third-order valence-electron chi connectivity index (χ3n) is 2.92. The molecule has 0 fully saturated rings. The smallest absolute Gasteiger partial charge is 0.0741 e. The molecule has 0 spiro atoms. The van der Waals surface area contributed by atoms with Gasteiger partial charge in [0, 0.05) is 17.6 Å². The van der Waals surface area contributed by atoms with Crippen LogP contribution >= 0.6 is 11.6 Å². The van der Waals surface area contributed by atoms with E-state index in [9.17, 15) is 5.11 Å². The van der Waals surface area contributed by atoms with E-state index in [1.165, 1.54) is 5.56 Å². The van der Waals surface area contributed by atoms with E-state index >= 15 is 0 Å². The van der Waals surface area contributed by atoms with E-state index in [-0.39, 0.29) is 6.04 Å². The molecule has 16 heavy (non-hydrogen) atoms. The molecule has 0 heterocycles. The molecule has 0 aromatic heterocycles. The summed E-state index contributed by atoms with van der Waals surface area (Å²) in [4.78, 5) is 0. The fourth-order valence-corrected chi connectivity index (χ4v) is 1.49. The van der Waals surface area contributed by atoms with Gasteiger partial charge in [0.1, 0.15) is 0 Å². The minimum absolute atomic E-state index is 0.218. The maximum atomic E-state index is 9.88. The third-order valence-corrected chi connectivity index (χ3v) is 3.17. The van der Waals surface area contributed by atoms with E-state index in [4.69, 9.17) is 11.6 Å². The van der Waals surface area contributed by atoms with Gasteiger partial charge in [-0.1, -0.05) is 30.7 Å². The summed E-state index contributed by atoms with van der Waals surface area (Å²) in [5.41, 5.74) is 0.539. The van der Waals surface area contributed by atoms with Crippen molar-refractivity contribution in [3.05, 3.63) is 34.9 Å². The standard InChI is InChI=1S/C13H20ClNO/c1-4-13(3,16)9-15-10(2)11-5-7-12(14)8-6-11/h5-8,10,15-16H,4,9H2,1-3H3/t10-,13?/m1/s1. The molecular weight excluding hydrogens is 222 g/mol. The molecule has 0 saturated carbocycles. The normalized spacial score (nSPS) is 16.8. The second-order valence-electron chi connectivity index (χ2n) is 4.50. The van der Waals surface area contributed by atoms with Gasteiger partial charge in [-0.05, 0) is 38.0 Å². The zero-order chi connectivity index (χ0) is 12.2. The fraction of sp³-hybridized carbons (Fsp3) is 0.538. The van der Waals surface area contributed by atoms with Crippen LogP contribution in [0.15, 0.2) is 24.3 Å². The number of rotatable bonds is 5. The average Bonchev–Trinajstić information content (AvgIpc) is 2.27. The largest absolute Gasteiger partial charge is 0.389 e. The van der Waals surface area contributed by atoms with Gasteiger partial charge in [-0.15, -0.1) is 0 Å². The molecule has 0 aliphatic carbocycles. The van der Waals surface area contributed by atoms with Gasteiger partial charge in [0.2, 0.25) is 0 Å². The van der Waals surface area contributed by atoms with Crippen LogP contribution in [0.25, 0.3) is 0 Å². The molecule has 2 nitrogen and oxygen atoms in total. The number of hydrogen-bond donors (Lipinski definition) is 2. The van der Waals surface area contributed by atoms with Gasteiger partial charge < -0.3 is 10.4 Å². The summed E-state index contributed by atoms with van der Waals surface area (Å²) in [7, 11) is 0. The van der Waals surface area contributed by atoms with Crippen molar-refractivity contribution < 1.29 is 5.11 Å². The molecule has 90 valence electrons. The van der Waals surface area contributed by atoms with Crippen LogP contribution in [0.2, 0.25) is 5.02 Å². The quantitative estimate of drug-likeness (QED) is 0.830. The van der Waals surface area contributed by atoms with E-state index in [0.717, 1.165) is 11.4 Å². The number of benzene rings is 1. The minimum Gasteiger partial charge on any atom is -0.389 e. The first-order valence-electron chi connectivity index (χ1n) is 5.66. The summed E-state index contributed by atoms with van der Waals surface area (Å²) in [6, 6.07) is 7.98. The fourth-order valence-electron chi connectivity index (χ4n) is 1.37. The van der Waals surface area contributed by atoms with Crippen LogP contribution in [-0.4, -0.2) is 17.3 Å². The van der Waals surface area contributed by atoms with Crippen molar-refractivity contribution in [2.24, 2.45) is 0 Å². The van der Waals surface area contributed by atoms with Crippen LogP contribution in [0.3, 0.4) is 0 Å². The van der Waals surface area contributed by atoms with E-state index in [0.29, 0.717) is 6.54 Å². The van der Waals surface area contributed by atoms with Gasteiger partial charge in [0.25, 0.3) is 0 Å². The van der Waals surface area contributed by atoms with Gasteiger partial charge in [0.15, 0.2) is 0 Å². The average molecular weight is 242 g/mol. The molecule has 2 N–H and O–H groups in total. The Labute approximate surface area is 103 Å². The van der Waals surface area contributed by atoms with Crippen molar-refractivity contribution >= 4 is 11.6 Å². The Balaban J connectivity index is 2.53. The Kier molecular flexibility index (Phi) is 4.78. The lowest BCUT2D eigenvalue weighted by Gasteiger charge is -2.24. The second-order valence-corrected chi connectivity index (χ2v) is 4.94. The number of aliphatic hydroxyl groups is 1. The maximum Gasteiger partial charge on any atom is 0.0741 e. The Morgan fingerprint density at radius 2 is 1.94 bits per heavy atom. The highest BCUT2D eigenvalue weighted by atomic mass is 35.5. The molecule has 1 rings (SSSR count). The molecule has 1 aromatic carbocycles. The van der Waals surface area contributed by atoms with Crippen LogP contribution in [0.1, 0.15) is 38.8 Å². The van der Waals surface area contributed by atoms with Gasteiger partial charge in [0.05, 0.1) is 5.60 Å². The highest BCUT2D eigenvalue weighted by molar-refractivity contribution is 6.30. The van der Waals surface area contributed by atoms with Crippen molar-refractivity contribution in [1.29, 1.82) is 0 Å². The van der Waals surface area contributed by atoms with Crippen molar-refractivity contribution in [1.82, 2.24) is 5.32 Å². The summed E-state index contributed by atoms with van der Waals surface area (Å²) in [6.45, 7) is 6.49. The zero-order valence-corrected chi connectivity index (χ0v) is 10.9. The monoisotopic (exact) mass is 241 g/mol. The van der Waals surface area contributed by atoms with Crippen molar-refractivity contribution in [2.45, 2.75) is 38.8 Å². The summed E-state index contributed by atoms with van der Waals surface area (Å²) < 4.78 is 0. The SMILES string of the molecule is CCC(C)(O)CN[C@H](C)c1ccc(Cl)cc1. The molecule has 0 radical (unpaired) electrons. The van der Waals surface area contributed by atoms with Gasteiger partial charge in [-0.25, -0.2) is 0 Å². The second kappa shape index (κ2) is 5.67. The predicted molar refractivity (Wildman–Crippen MR) is 68.8 cm³/mol. The van der Waals surface area contributed by atoms with Crippen molar-refractivity contribution in [3.63, 3.8) is 0 Å². The zero-order valence-electron chi connectivity index (χ0n) is 10.1. The van der Waals surface area contributed by atoms with Gasteiger partial charge in [-0.3, -0.25) is 0 Å². The summed E-state index contributed by atoms with van der Waals surface area (Å²) in [5, 5.41) is 13.9. The number of hydrogen-bond acceptors (Lipinski definition) is 2. The molecule has 1 aromatic rings. The van der Waals surface area contributed by atoms with Crippen molar-refractivity contribution in [3.8, 4) is 0 Å². The molecule has 2 atom stereocenters. The lowest BCUT2D eigenvalue weighted by atomic mass is 10.0. The van der Waals surface area contributed by atoms with E-state index < -0.39 is 5.60 Å². The lowest BCUT2D eigenvalue weighted by molar-refractivity contribution is 0.0533. The number of halogens is 1. The molecule has 0 aliphatic rings. The Morgan fingerprint density at radius 3 is 2.44 bits per heavy atom. The molecular formula is C13H20ClNO.